The zero-order chi connectivity index (χ0) is 17.8. The summed E-state index contributed by atoms with van der Waals surface area (Å²) in [6, 6.07) is 4.08. The van der Waals surface area contributed by atoms with Crippen molar-refractivity contribution in [2.24, 2.45) is 5.41 Å². The molecule has 0 heterocycles. The molecule has 0 fully saturated rings. The van der Waals surface area contributed by atoms with E-state index >= 15 is 0 Å². The fourth-order valence-corrected chi connectivity index (χ4v) is 3.66. The van der Waals surface area contributed by atoms with Crippen LogP contribution in [-0.2, 0) is 10.0 Å². The number of nitro benzene ring substituents is 1. The number of nitrogens with zero attached hydrogens (tertiary/aromatic N) is 3. The van der Waals surface area contributed by atoms with Crippen molar-refractivity contribution in [2.45, 2.75) is 32.1 Å². The van der Waals surface area contributed by atoms with Gasteiger partial charge >= 0.3 is 0 Å². The van der Waals surface area contributed by atoms with E-state index in [0.29, 0.717) is 6.07 Å². The van der Waals surface area contributed by atoms with E-state index < -0.39 is 36.8 Å². The highest BCUT2D eigenvalue weighted by atomic mass is 32.2. The third-order valence-corrected chi connectivity index (χ3v) is 4.65. The van der Waals surface area contributed by atoms with Crippen LogP contribution in [0.5, 0.6) is 0 Å². The Morgan fingerprint density at radius 1 is 1.35 bits per heavy atom. The summed E-state index contributed by atoms with van der Waals surface area (Å²) in [6.07, 6.45) is -0.0350. The summed E-state index contributed by atoms with van der Waals surface area (Å²) in [5.41, 5.74) is -1.04. The number of hydrogen-bond donors (Lipinski definition) is 0. The number of non-ortho nitro benzene ring substituents is 1. The summed E-state index contributed by atoms with van der Waals surface area (Å²) in [5, 5.41) is 19.5. The Balaban J connectivity index is 3.34. The van der Waals surface area contributed by atoms with Crippen LogP contribution >= 0.6 is 0 Å². The van der Waals surface area contributed by atoms with Crippen LogP contribution < -0.4 is 0 Å². The van der Waals surface area contributed by atoms with Gasteiger partial charge in [-0.2, -0.15) is 9.57 Å². The lowest BCUT2D eigenvalue weighted by molar-refractivity contribution is -0.385. The van der Waals surface area contributed by atoms with Gasteiger partial charge in [0.1, 0.15) is 5.82 Å². The Hall–Kier alpha value is -2.05. The van der Waals surface area contributed by atoms with Crippen molar-refractivity contribution in [3.63, 3.8) is 0 Å². The molecule has 0 aliphatic heterocycles. The Bertz CT molecular complexity index is 735. The van der Waals surface area contributed by atoms with Gasteiger partial charge in [0.05, 0.1) is 22.0 Å². The van der Waals surface area contributed by atoms with Gasteiger partial charge in [0.25, 0.3) is 5.69 Å². The van der Waals surface area contributed by atoms with Crippen LogP contribution in [0, 0.1) is 32.7 Å². The summed E-state index contributed by atoms with van der Waals surface area (Å²) >= 11 is 0. The largest absolute Gasteiger partial charge is 0.273 e. The van der Waals surface area contributed by atoms with E-state index in [1.807, 2.05) is 26.8 Å². The number of halogens is 1. The van der Waals surface area contributed by atoms with E-state index in [9.17, 15) is 22.9 Å². The Kier molecular flexibility index (Phi) is 5.80. The first-order valence-electron chi connectivity index (χ1n) is 6.79. The second-order valence-electron chi connectivity index (χ2n) is 6.21. The van der Waals surface area contributed by atoms with E-state index in [2.05, 4.69) is 0 Å². The minimum absolute atomic E-state index is 0.0350. The highest BCUT2D eigenvalue weighted by molar-refractivity contribution is 7.89. The Morgan fingerprint density at radius 2 is 1.96 bits per heavy atom. The molecule has 126 valence electrons. The third kappa shape index (κ3) is 5.26. The zero-order valence-electron chi connectivity index (χ0n) is 13.1. The summed E-state index contributed by atoms with van der Waals surface area (Å²) < 4.78 is 39.9. The zero-order valence-corrected chi connectivity index (χ0v) is 13.9. The van der Waals surface area contributed by atoms with Gasteiger partial charge in [0.2, 0.25) is 10.0 Å². The lowest BCUT2D eigenvalue weighted by Crippen LogP contribution is -2.38. The maximum absolute atomic E-state index is 13.5. The highest BCUT2D eigenvalue weighted by Crippen LogP contribution is 2.26. The van der Waals surface area contributed by atoms with Crippen molar-refractivity contribution in [2.75, 3.05) is 13.1 Å². The predicted octanol–water partition coefficient (Wildman–Crippen LogP) is 2.68. The number of nitro groups is 1. The molecule has 0 amide bonds. The average Bonchev–Trinajstić information content (AvgIpc) is 2.41. The van der Waals surface area contributed by atoms with E-state index in [1.165, 1.54) is 0 Å². The second-order valence-corrected chi connectivity index (χ2v) is 8.15. The Morgan fingerprint density at radius 3 is 2.43 bits per heavy atom. The van der Waals surface area contributed by atoms with Crippen molar-refractivity contribution in [3.05, 3.63) is 34.1 Å². The molecule has 9 heteroatoms. The molecule has 0 saturated heterocycles. The predicted molar refractivity (Wildman–Crippen MR) is 81.5 cm³/mol. The first-order chi connectivity index (χ1) is 10.5. The molecule has 0 bridgehead atoms. The standard InChI is InChI=1S/C14H18FN3O4S/c1-14(2,3)10-17(6-4-5-16)23(21,22)13-8-11(15)7-12(9-13)18(19)20/h7-9H,4,6,10H2,1-3H3. The molecule has 0 radical (unpaired) electrons. The van der Waals surface area contributed by atoms with Crippen molar-refractivity contribution >= 4 is 15.7 Å². The highest BCUT2D eigenvalue weighted by Gasteiger charge is 2.30. The summed E-state index contributed by atoms with van der Waals surface area (Å²) in [6.45, 7) is 5.48. The molecular weight excluding hydrogens is 325 g/mol. The van der Waals surface area contributed by atoms with Crippen LogP contribution in [0.3, 0.4) is 0 Å². The number of rotatable bonds is 6. The first kappa shape index (κ1) is 19.0. The number of hydrogen-bond acceptors (Lipinski definition) is 5. The minimum Gasteiger partial charge on any atom is -0.258 e. The van der Waals surface area contributed by atoms with Crippen molar-refractivity contribution < 1.29 is 17.7 Å². The lowest BCUT2D eigenvalue weighted by atomic mass is 9.97. The quantitative estimate of drug-likeness (QED) is 0.583. The van der Waals surface area contributed by atoms with Gasteiger partial charge in [-0.25, -0.2) is 12.8 Å². The van der Waals surface area contributed by atoms with Gasteiger partial charge in [-0.3, -0.25) is 10.1 Å². The van der Waals surface area contributed by atoms with E-state index in [1.54, 1.807) is 0 Å². The molecule has 1 rings (SSSR count). The monoisotopic (exact) mass is 343 g/mol. The molecule has 7 nitrogen and oxygen atoms in total. The molecule has 1 aromatic carbocycles. The molecular formula is C14H18FN3O4S. The third-order valence-electron chi connectivity index (χ3n) is 2.83. The summed E-state index contributed by atoms with van der Waals surface area (Å²) in [4.78, 5) is 9.44. The number of benzene rings is 1. The molecule has 0 aliphatic rings. The minimum atomic E-state index is -4.15. The lowest BCUT2D eigenvalue weighted by Gasteiger charge is -2.28. The maximum atomic E-state index is 13.5. The average molecular weight is 343 g/mol. The van der Waals surface area contributed by atoms with E-state index in [0.717, 1.165) is 16.4 Å². The topological polar surface area (TPSA) is 104 Å². The van der Waals surface area contributed by atoms with Crippen LogP contribution in [0.1, 0.15) is 27.2 Å². The van der Waals surface area contributed by atoms with Crippen LogP contribution in [0.25, 0.3) is 0 Å². The van der Waals surface area contributed by atoms with E-state index in [4.69, 9.17) is 5.26 Å². The summed E-state index contributed by atoms with van der Waals surface area (Å²) in [7, 11) is -4.15. The molecule has 0 aromatic heterocycles. The van der Waals surface area contributed by atoms with Crippen molar-refractivity contribution in [1.82, 2.24) is 4.31 Å². The van der Waals surface area contributed by atoms with Crippen LogP contribution in [-0.4, -0.2) is 30.7 Å². The number of sulfonamides is 1. The van der Waals surface area contributed by atoms with Gasteiger partial charge in [0, 0.05) is 25.6 Å². The molecule has 0 saturated carbocycles. The van der Waals surface area contributed by atoms with Crippen molar-refractivity contribution in [3.8, 4) is 6.07 Å². The molecule has 0 N–H and O–H groups in total. The molecule has 23 heavy (non-hydrogen) atoms. The maximum Gasteiger partial charge on any atom is 0.273 e. The number of nitriles is 1. The normalized spacial score (nSPS) is 12.2. The fourth-order valence-electron chi connectivity index (χ4n) is 1.94. The van der Waals surface area contributed by atoms with Crippen LogP contribution in [0.15, 0.2) is 23.1 Å². The molecule has 1 aromatic rings. The second kappa shape index (κ2) is 7.02. The van der Waals surface area contributed by atoms with E-state index in [-0.39, 0.29) is 19.5 Å². The van der Waals surface area contributed by atoms with Gasteiger partial charge in [-0.15, -0.1) is 0 Å². The van der Waals surface area contributed by atoms with Gasteiger partial charge in [-0.1, -0.05) is 20.8 Å². The molecule has 0 atom stereocenters. The van der Waals surface area contributed by atoms with Gasteiger partial charge < -0.3 is 0 Å². The Labute approximate surface area is 134 Å². The fraction of sp³-hybridized carbons (Fsp3) is 0.500. The molecule has 0 spiro atoms. The summed E-state index contributed by atoms with van der Waals surface area (Å²) in [5.74, 6) is -1.01. The van der Waals surface area contributed by atoms with Crippen LogP contribution in [0.2, 0.25) is 0 Å². The van der Waals surface area contributed by atoms with Crippen LogP contribution in [0.4, 0.5) is 10.1 Å². The SMILES string of the molecule is CC(C)(C)CN(CCC#N)S(=O)(=O)c1cc(F)cc([N+](=O)[O-])c1. The van der Waals surface area contributed by atoms with Crippen molar-refractivity contribution in [1.29, 1.82) is 5.26 Å². The first-order valence-corrected chi connectivity index (χ1v) is 8.23. The van der Waals surface area contributed by atoms with Gasteiger partial charge in [0.15, 0.2) is 0 Å². The smallest absolute Gasteiger partial charge is 0.258 e. The molecule has 0 aliphatic carbocycles. The van der Waals surface area contributed by atoms with Gasteiger partial charge in [-0.05, 0) is 11.5 Å². The molecule has 0 unspecified atom stereocenters.